The second-order valence-corrected chi connectivity index (χ2v) is 12.1. The molecule has 2 aromatic carbocycles. The molecular formula is C29H33F3N4O3S. The Morgan fingerprint density at radius 3 is 2.33 bits per heavy atom. The van der Waals surface area contributed by atoms with E-state index in [0.29, 0.717) is 18.5 Å². The number of sulfonamides is 1. The zero-order valence-electron chi connectivity index (χ0n) is 22.4. The number of halogens is 3. The van der Waals surface area contributed by atoms with Gasteiger partial charge in [0, 0.05) is 31.9 Å². The van der Waals surface area contributed by atoms with Crippen LogP contribution in [0.25, 0.3) is 0 Å². The summed E-state index contributed by atoms with van der Waals surface area (Å²) in [7, 11) is -3.99. The van der Waals surface area contributed by atoms with E-state index in [1.807, 2.05) is 32.0 Å². The number of piperidine rings is 1. The molecule has 1 aliphatic rings. The third kappa shape index (κ3) is 7.26. The summed E-state index contributed by atoms with van der Waals surface area (Å²) in [5, 5.41) is 6.11. The fourth-order valence-electron chi connectivity index (χ4n) is 4.68. The SMILES string of the molecule is CC(C)c1ccc(S(=O)(=O)N2CC[C@@H](NCc3ccccn3)C[C@@H]2C(=O)NCc2ccc(C(F)(F)F)cc2)cc1. The van der Waals surface area contributed by atoms with Crippen LogP contribution in [-0.4, -0.2) is 42.2 Å². The smallest absolute Gasteiger partial charge is 0.351 e. The van der Waals surface area contributed by atoms with Crippen molar-refractivity contribution in [2.75, 3.05) is 6.54 Å². The second-order valence-electron chi connectivity index (χ2n) is 10.2. The number of aromatic nitrogens is 1. The quantitative estimate of drug-likeness (QED) is 0.381. The number of carbonyl (C=O) groups excluding carboxylic acids is 1. The highest BCUT2D eigenvalue weighted by atomic mass is 32.2. The van der Waals surface area contributed by atoms with E-state index >= 15 is 0 Å². The second kappa shape index (κ2) is 12.5. The summed E-state index contributed by atoms with van der Waals surface area (Å²) in [6.07, 6.45) is -2.04. The highest BCUT2D eigenvalue weighted by Gasteiger charge is 2.40. The van der Waals surface area contributed by atoms with Crippen molar-refractivity contribution in [3.8, 4) is 0 Å². The van der Waals surface area contributed by atoms with Crippen LogP contribution in [0.3, 0.4) is 0 Å². The van der Waals surface area contributed by atoms with E-state index < -0.39 is 33.7 Å². The molecule has 2 N–H and O–H groups in total. The van der Waals surface area contributed by atoms with E-state index in [-0.39, 0.29) is 36.4 Å². The number of hydrogen-bond donors (Lipinski definition) is 2. The van der Waals surface area contributed by atoms with E-state index in [0.717, 1.165) is 23.4 Å². The summed E-state index contributed by atoms with van der Waals surface area (Å²) in [5.74, 6) is -0.270. The van der Waals surface area contributed by atoms with Crippen molar-refractivity contribution in [2.24, 2.45) is 0 Å². The first-order chi connectivity index (χ1) is 18.9. The number of amides is 1. The number of pyridine rings is 1. The molecule has 0 radical (unpaired) electrons. The summed E-state index contributed by atoms with van der Waals surface area (Å²) < 4.78 is 67.3. The highest BCUT2D eigenvalue weighted by molar-refractivity contribution is 7.89. The van der Waals surface area contributed by atoms with Gasteiger partial charge in [0.05, 0.1) is 16.2 Å². The lowest BCUT2D eigenvalue weighted by Crippen LogP contribution is -2.56. The molecule has 1 amide bonds. The maximum Gasteiger partial charge on any atom is 0.416 e. The Morgan fingerprint density at radius 2 is 1.73 bits per heavy atom. The van der Waals surface area contributed by atoms with Crippen LogP contribution in [0, 0.1) is 0 Å². The van der Waals surface area contributed by atoms with Crippen LogP contribution >= 0.6 is 0 Å². The molecule has 11 heteroatoms. The van der Waals surface area contributed by atoms with Crippen LogP contribution in [0.2, 0.25) is 0 Å². The minimum atomic E-state index is -4.45. The molecule has 2 heterocycles. The summed E-state index contributed by atoms with van der Waals surface area (Å²) in [4.78, 5) is 17.8. The van der Waals surface area contributed by atoms with E-state index in [9.17, 15) is 26.4 Å². The Balaban J connectivity index is 1.51. The third-order valence-electron chi connectivity index (χ3n) is 7.06. The van der Waals surface area contributed by atoms with Crippen molar-refractivity contribution < 1.29 is 26.4 Å². The number of rotatable bonds is 9. The third-order valence-corrected chi connectivity index (χ3v) is 8.98. The number of nitrogens with zero attached hydrogens (tertiary/aromatic N) is 2. The van der Waals surface area contributed by atoms with Crippen molar-refractivity contribution in [3.05, 3.63) is 95.3 Å². The number of hydrogen-bond acceptors (Lipinski definition) is 5. The molecule has 214 valence electrons. The van der Waals surface area contributed by atoms with Gasteiger partial charge in [-0.05, 0) is 66.3 Å². The molecule has 4 rings (SSSR count). The molecule has 2 atom stereocenters. The fourth-order valence-corrected chi connectivity index (χ4v) is 6.30. The van der Waals surface area contributed by atoms with E-state index in [1.165, 1.54) is 16.4 Å². The predicted molar refractivity (Wildman–Crippen MR) is 146 cm³/mol. The number of benzene rings is 2. The molecule has 0 bridgehead atoms. The van der Waals surface area contributed by atoms with Crippen molar-refractivity contribution in [2.45, 2.75) is 68.9 Å². The first-order valence-electron chi connectivity index (χ1n) is 13.1. The Labute approximate surface area is 232 Å². The maximum absolute atomic E-state index is 13.7. The van der Waals surface area contributed by atoms with Gasteiger partial charge in [-0.25, -0.2) is 8.42 Å². The standard InChI is InChI=1S/C29H33F3N4O3S/c1-20(2)22-8-12-26(13-9-22)40(38,39)36-16-14-24(34-19-25-5-3-4-15-33-25)17-27(36)28(37)35-18-21-6-10-23(11-7-21)29(30,31)32/h3-13,15,20,24,27,34H,14,16-19H2,1-2H3,(H,35,37)/t24-,27-/m1/s1. The highest BCUT2D eigenvalue weighted by Crippen LogP contribution is 2.30. The summed E-state index contributed by atoms with van der Waals surface area (Å²) >= 11 is 0. The average Bonchev–Trinajstić information content (AvgIpc) is 2.95. The lowest BCUT2D eigenvalue weighted by Gasteiger charge is -2.38. The maximum atomic E-state index is 13.7. The van der Waals surface area contributed by atoms with Gasteiger partial charge in [-0.15, -0.1) is 0 Å². The minimum absolute atomic E-state index is 0.0313. The van der Waals surface area contributed by atoms with Gasteiger partial charge in [0.15, 0.2) is 0 Å². The van der Waals surface area contributed by atoms with Crippen molar-refractivity contribution in [3.63, 3.8) is 0 Å². The molecule has 1 saturated heterocycles. The van der Waals surface area contributed by atoms with Gasteiger partial charge in [-0.1, -0.05) is 44.2 Å². The van der Waals surface area contributed by atoms with E-state index in [2.05, 4.69) is 15.6 Å². The van der Waals surface area contributed by atoms with Crippen LogP contribution in [0.4, 0.5) is 13.2 Å². The van der Waals surface area contributed by atoms with Gasteiger partial charge < -0.3 is 10.6 Å². The first-order valence-corrected chi connectivity index (χ1v) is 14.6. The number of carbonyl (C=O) groups is 1. The summed E-state index contributed by atoms with van der Waals surface area (Å²) in [6, 6.07) is 15.6. The molecule has 0 saturated carbocycles. The lowest BCUT2D eigenvalue weighted by molar-refractivity contribution is -0.137. The zero-order chi connectivity index (χ0) is 28.9. The van der Waals surface area contributed by atoms with Crippen molar-refractivity contribution >= 4 is 15.9 Å². The molecule has 7 nitrogen and oxygen atoms in total. The van der Waals surface area contributed by atoms with Crippen LogP contribution < -0.4 is 10.6 Å². The minimum Gasteiger partial charge on any atom is -0.351 e. The molecule has 1 aliphatic heterocycles. The lowest BCUT2D eigenvalue weighted by atomic mass is 9.98. The normalized spacial score (nSPS) is 18.6. The monoisotopic (exact) mass is 574 g/mol. The molecule has 0 unspecified atom stereocenters. The van der Waals surface area contributed by atoms with Crippen LogP contribution in [-0.2, 0) is 34.1 Å². The Bertz CT molecular complexity index is 1380. The molecular weight excluding hydrogens is 541 g/mol. The largest absolute Gasteiger partial charge is 0.416 e. The van der Waals surface area contributed by atoms with Gasteiger partial charge in [0.2, 0.25) is 15.9 Å². The van der Waals surface area contributed by atoms with Gasteiger partial charge in [0.1, 0.15) is 6.04 Å². The molecule has 40 heavy (non-hydrogen) atoms. The van der Waals surface area contributed by atoms with Crippen LogP contribution in [0.15, 0.2) is 77.8 Å². The Hall–Kier alpha value is -3.28. The van der Waals surface area contributed by atoms with Crippen molar-refractivity contribution in [1.82, 2.24) is 19.9 Å². The van der Waals surface area contributed by atoms with Gasteiger partial charge in [-0.2, -0.15) is 17.5 Å². The molecule has 0 spiro atoms. The molecule has 3 aromatic rings. The average molecular weight is 575 g/mol. The van der Waals surface area contributed by atoms with E-state index in [1.54, 1.807) is 30.5 Å². The molecule has 1 fully saturated rings. The van der Waals surface area contributed by atoms with Crippen LogP contribution in [0.5, 0.6) is 0 Å². The molecule has 0 aliphatic carbocycles. The zero-order valence-corrected chi connectivity index (χ0v) is 23.2. The summed E-state index contributed by atoms with van der Waals surface area (Å²) in [6.45, 7) is 4.60. The molecule has 1 aromatic heterocycles. The fraction of sp³-hybridized carbons (Fsp3) is 0.379. The summed E-state index contributed by atoms with van der Waals surface area (Å²) in [5.41, 5.74) is 1.52. The Kier molecular flexibility index (Phi) is 9.27. The number of nitrogens with one attached hydrogen (secondary N) is 2. The van der Waals surface area contributed by atoms with Gasteiger partial charge >= 0.3 is 6.18 Å². The Morgan fingerprint density at radius 1 is 1.02 bits per heavy atom. The van der Waals surface area contributed by atoms with E-state index in [4.69, 9.17) is 0 Å². The van der Waals surface area contributed by atoms with Crippen LogP contribution in [0.1, 0.15) is 55.0 Å². The van der Waals surface area contributed by atoms with Gasteiger partial charge in [0.25, 0.3) is 0 Å². The first kappa shape index (κ1) is 29.7. The van der Waals surface area contributed by atoms with Crippen molar-refractivity contribution in [1.29, 1.82) is 0 Å². The topological polar surface area (TPSA) is 91.4 Å². The number of alkyl halides is 3. The predicted octanol–water partition coefficient (Wildman–Crippen LogP) is 4.85. The van der Waals surface area contributed by atoms with Gasteiger partial charge in [-0.3, -0.25) is 9.78 Å².